The molecule has 0 radical (unpaired) electrons. The first kappa shape index (κ1) is 12.0. The number of aryl methyl sites for hydroxylation is 2. The van der Waals surface area contributed by atoms with Crippen molar-refractivity contribution in [1.29, 1.82) is 0 Å². The molecule has 1 N–H and O–H groups in total. The molecule has 0 bridgehead atoms. The number of nitrogens with zero attached hydrogens (tertiary/aromatic N) is 2. The molecule has 0 aliphatic heterocycles. The molecular weight excluding hydrogens is 230 g/mol. The SMILES string of the molecule is CC(C)n1c(CCc2ccccc2)n[nH]c1=S. The maximum atomic E-state index is 5.22. The molecule has 90 valence electrons. The van der Waals surface area contributed by atoms with E-state index in [0.717, 1.165) is 18.7 Å². The number of rotatable bonds is 4. The van der Waals surface area contributed by atoms with Gasteiger partial charge in [0.15, 0.2) is 4.77 Å². The van der Waals surface area contributed by atoms with E-state index in [2.05, 4.69) is 52.9 Å². The summed E-state index contributed by atoms with van der Waals surface area (Å²) in [7, 11) is 0. The summed E-state index contributed by atoms with van der Waals surface area (Å²) in [6, 6.07) is 10.8. The minimum Gasteiger partial charge on any atom is -0.302 e. The Morgan fingerprint density at radius 3 is 2.59 bits per heavy atom. The van der Waals surface area contributed by atoms with E-state index in [0.29, 0.717) is 10.8 Å². The number of hydrogen-bond acceptors (Lipinski definition) is 2. The molecule has 0 atom stereocenters. The molecule has 0 saturated heterocycles. The van der Waals surface area contributed by atoms with Gasteiger partial charge in [-0.25, -0.2) is 0 Å². The fourth-order valence-corrected chi connectivity index (χ4v) is 2.31. The minimum absolute atomic E-state index is 0.354. The predicted molar refractivity (Wildman–Crippen MR) is 71.6 cm³/mol. The Morgan fingerprint density at radius 2 is 1.94 bits per heavy atom. The minimum atomic E-state index is 0.354. The molecule has 17 heavy (non-hydrogen) atoms. The molecule has 1 heterocycles. The first-order valence-electron chi connectivity index (χ1n) is 5.88. The Hall–Kier alpha value is -1.42. The molecule has 0 fully saturated rings. The highest BCUT2D eigenvalue weighted by atomic mass is 32.1. The van der Waals surface area contributed by atoms with Crippen LogP contribution in [0.5, 0.6) is 0 Å². The van der Waals surface area contributed by atoms with Crippen molar-refractivity contribution in [3.63, 3.8) is 0 Å². The second kappa shape index (κ2) is 5.27. The summed E-state index contributed by atoms with van der Waals surface area (Å²) in [6.45, 7) is 4.24. The first-order valence-corrected chi connectivity index (χ1v) is 6.29. The van der Waals surface area contributed by atoms with Gasteiger partial charge < -0.3 is 4.57 Å². The Morgan fingerprint density at radius 1 is 1.24 bits per heavy atom. The van der Waals surface area contributed by atoms with Gasteiger partial charge in [0.05, 0.1) is 0 Å². The zero-order valence-corrected chi connectivity index (χ0v) is 11.0. The molecule has 0 spiro atoms. The Labute approximate surface area is 106 Å². The van der Waals surface area contributed by atoms with Gasteiger partial charge in [-0.3, -0.25) is 5.10 Å². The summed E-state index contributed by atoms with van der Waals surface area (Å²) < 4.78 is 2.79. The molecule has 1 aromatic carbocycles. The van der Waals surface area contributed by atoms with Gasteiger partial charge in [0.2, 0.25) is 0 Å². The average Bonchev–Trinajstić information content (AvgIpc) is 2.69. The third-order valence-corrected chi connectivity index (χ3v) is 3.06. The lowest BCUT2D eigenvalue weighted by Gasteiger charge is -2.10. The van der Waals surface area contributed by atoms with Crippen LogP contribution in [-0.4, -0.2) is 14.8 Å². The van der Waals surface area contributed by atoms with E-state index in [9.17, 15) is 0 Å². The normalized spacial score (nSPS) is 11.0. The van der Waals surface area contributed by atoms with Crippen molar-refractivity contribution in [2.75, 3.05) is 0 Å². The lowest BCUT2D eigenvalue weighted by atomic mass is 10.1. The van der Waals surface area contributed by atoms with Gasteiger partial charge in [-0.05, 0) is 38.0 Å². The predicted octanol–water partition coefficient (Wildman–Crippen LogP) is 3.31. The fourth-order valence-electron chi connectivity index (χ4n) is 1.95. The summed E-state index contributed by atoms with van der Waals surface area (Å²) in [6.07, 6.45) is 1.91. The maximum absolute atomic E-state index is 5.22. The van der Waals surface area contributed by atoms with E-state index in [1.54, 1.807) is 0 Å². The van der Waals surface area contributed by atoms with Crippen molar-refractivity contribution in [1.82, 2.24) is 14.8 Å². The second-order valence-electron chi connectivity index (χ2n) is 4.39. The third kappa shape index (κ3) is 2.82. The Bertz CT molecular complexity index is 525. The van der Waals surface area contributed by atoms with E-state index >= 15 is 0 Å². The van der Waals surface area contributed by atoms with Crippen LogP contribution in [0.4, 0.5) is 0 Å². The lowest BCUT2D eigenvalue weighted by molar-refractivity contribution is 0.559. The standard InChI is InChI=1S/C13H17N3S/c1-10(2)16-12(14-15-13(16)17)9-8-11-6-4-3-5-7-11/h3-7,10H,8-9H2,1-2H3,(H,15,17). The van der Waals surface area contributed by atoms with Gasteiger partial charge in [-0.15, -0.1) is 0 Å². The van der Waals surface area contributed by atoms with Gasteiger partial charge in [0, 0.05) is 12.5 Å². The summed E-state index contributed by atoms with van der Waals surface area (Å²) in [5, 5.41) is 7.17. The molecule has 4 heteroatoms. The van der Waals surface area contributed by atoms with Crippen LogP contribution in [0, 0.1) is 4.77 Å². The summed E-state index contributed by atoms with van der Waals surface area (Å²) >= 11 is 5.22. The first-order chi connectivity index (χ1) is 8.18. The highest BCUT2D eigenvalue weighted by Crippen LogP contribution is 2.11. The van der Waals surface area contributed by atoms with Crippen molar-refractivity contribution in [2.45, 2.75) is 32.7 Å². The van der Waals surface area contributed by atoms with Crippen LogP contribution in [0.1, 0.15) is 31.3 Å². The molecule has 0 aliphatic carbocycles. The number of aromatic amines is 1. The lowest BCUT2D eigenvalue weighted by Crippen LogP contribution is -2.07. The molecule has 0 unspecified atom stereocenters. The highest BCUT2D eigenvalue weighted by Gasteiger charge is 2.08. The van der Waals surface area contributed by atoms with Crippen molar-refractivity contribution < 1.29 is 0 Å². The summed E-state index contributed by atoms with van der Waals surface area (Å²) in [5.41, 5.74) is 1.33. The summed E-state index contributed by atoms with van der Waals surface area (Å²) in [5.74, 6) is 1.04. The van der Waals surface area contributed by atoms with Crippen molar-refractivity contribution in [3.05, 3.63) is 46.5 Å². The van der Waals surface area contributed by atoms with Gasteiger partial charge in [0.1, 0.15) is 5.82 Å². The molecule has 2 rings (SSSR count). The van der Waals surface area contributed by atoms with E-state index in [1.165, 1.54) is 5.56 Å². The van der Waals surface area contributed by atoms with Crippen LogP contribution in [0.3, 0.4) is 0 Å². The monoisotopic (exact) mass is 247 g/mol. The number of hydrogen-bond donors (Lipinski definition) is 1. The van der Waals surface area contributed by atoms with Crippen molar-refractivity contribution in [3.8, 4) is 0 Å². The molecule has 0 aliphatic rings. The summed E-state index contributed by atoms with van der Waals surface area (Å²) in [4.78, 5) is 0. The van der Waals surface area contributed by atoms with Crippen LogP contribution in [0.25, 0.3) is 0 Å². The van der Waals surface area contributed by atoms with Gasteiger partial charge in [0.25, 0.3) is 0 Å². The van der Waals surface area contributed by atoms with E-state index in [1.807, 2.05) is 6.07 Å². The maximum Gasteiger partial charge on any atom is 0.195 e. The largest absolute Gasteiger partial charge is 0.302 e. The molecule has 0 saturated carbocycles. The zero-order valence-electron chi connectivity index (χ0n) is 10.2. The van der Waals surface area contributed by atoms with Crippen molar-refractivity contribution in [2.24, 2.45) is 0 Å². The van der Waals surface area contributed by atoms with E-state index < -0.39 is 0 Å². The van der Waals surface area contributed by atoms with Crippen LogP contribution in [-0.2, 0) is 12.8 Å². The topological polar surface area (TPSA) is 33.6 Å². The van der Waals surface area contributed by atoms with E-state index in [-0.39, 0.29) is 0 Å². The van der Waals surface area contributed by atoms with Crippen LogP contribution in [0.15, 0.2) is 30.3 Å². The quantitative estimate of drug-likeness (QED) is 0.841. The molecule has 3 nitrogen and oxygen atoms in total. The van der Waals surface area contributed by atoms with Crippen LogP contribution in [0.2, 0.25) is 0 Å². The average molecular weight is 247 g/mol. The number of nitrogens with one attached hydrogen (secondary N) is 1. The van der Waals surface area contributed by atoms with Crippen LogP contribution < -0.4 is 0 Å². The smallest absolute Gasteiger partial charge is 0.195 e. The van der Waals surface area contributed by atoms with Crippen molar-refractivity contribution >= 4 is 12.2 Å². The Balaban J connectivity index is 2.12. The molecule has 1 aromatic heterocycles. The van der Waals surface area contributed by atoms with Crippen LogP contribution >= 0.6 is 12.2 Å². The zero-order chi connectivity index (χ0) is 12.3. The number of H-pyrrole nitrogens is 1. The van der Waals surface area contributed by atoms with Gasteiger partial charge in [-0.1, -0.05) is 30.3 Å². The van der Waals surface area contributed by atoms with Gasteiger partial charge >= 0.3 is 0 Å². The molecular formula is C13H17N3S. The number of benzene rings is 1. The fraction of sp³-hybridized carbons (Fsp3) is 0.385. The van der Waals surface area contributed by atoms with Gasteiger partial charge in [-0.2, -0.15) is 5.10 Å². The molecule has 0 amide bonds. The Kier molecular flexibility index (Phi) is 3.74. The highest BCUT2D eigenvalue weighted by molar-refractivity contribution is 7.71. The second-order valence-corrected chi connectivity index (χ2v) is 4.78. The third-order valence-electron chi connectivity index (χ3n) is 2.77. The molecule has 2 aromatic rings. The number of aromatic nitrogens is 3. The van der Waals surface area contributed by atoms with E-state index in [4.69, 9.17) is 12.2 Å².